The fraction of sp³-hybridized carbons (Fsp3) is 0.417. The van der Waals surface area contributed by atoms with Crippen molar-refractivity contribution in [3.05, 3.63) is 29.8 Å². The highest BCUT2D eigenvalue weighted by Crippen LogP contribution is 2.30. The van der Waals surface area contributed by atoms with Gasteiger partial charge >= 0.3 is 6.18 Å². The Kier molecular flexibility index (Phi) is 7.54. The number of benzene rings is 1. The van der Waals surface area contributed by atoms with E-state index in [4.69, 9.17) is 10.5 Å². The Labute approximate surface area is 129 Å². The summed E-state index contributed by atoms with van der Waals surface area (Å²) in [5.74, 6) is -4.03. The van der Waals surface area contributed by atoms with Crippen molar-refractivity contribution < 1.29 is 31.5 Å². The molecular weight excluding hydrogens is 335 g/mol. The lowest BCUT2D eigenvalue weighted by Crippen LogP contribution is -2.43. The second-order valence-electron chi connectivity index (χ2n) is 4.15. The topological polar surface area (TPSA) is 64.3 Å². The van der Waals surface area contributed by atoms with Gasteiger partial charge in [-0.2, -0.15) is 13.2 Å². The summed E-state index contributed by atoms with van der Waals surface area (Å²) in [5, 5.41) is 1.91. The van der Waals surface area contributed by atoms with Crippen molar-refractivity contribution in [3.63, 3.8) is 0 Å². The zero-order valence-electron chi connectivity index (χ0n) is 11.1. The second kappa shape index (κ2) is 8.14. The number of hydrogen-bond acceptors (Lipinski definition) is 3. The fourth-order valence-electron chi connectivity index (χ4n) is 1.24. The highest BCUT2D eigenvalue weighted by molar-refractivity contribution is 5.85. The number of amides is 1. The minimum Gasteiger partial charge on any atom is -0.484 e. The first-order chi connectivity index (χ1) is 9.64. The van der Waals surface area contributed by atoms with Crippen LogP contribution in [0, 0.1) is 0 Å². The normalized spacial score (nSPS) is 11.5. The monoisotopic (exact) mass is 348 g/mol. The van der Waals surface area contributed by atoms with Gasteiger partial charge in [-0.05, 0) is 24.3 Å². The molecule has 4 nitrogen and oxygen atoms in total. The van der Waals surface area contributed by atoms with Gasteiger partial charge in [-0.1, -0.05) is 0 Å². The van der Waals surface area contributed by atoms with Gasteiger partial charge in [-0.15, -0.1) is 12.4 Å². The number of hydrogen-bond donors (Lipinski definition) is 2. The second-order valence-corrected chi connectivity index (χ2v) is 4.15. The Bertz CT molecular complexity index is 479. The first-order valence-electron chi connectivity index (χ1n) is 5.79. The number of nitrogens with two attached hydrogens (primary N) is 1. The summed E-state index contributed by atoms with van der Waals surface area (Å²) in [6.45, 7) is -2.43. The molecule has 0 saturated heterocycles. The average Bonchev–Trinajstić information content (AvgIpc) is 2.42. The van der Waals surface area contributed by atoms with Crippen molar-refractivity contribution in [2.75, 3.05) is 19.7 Å². The van der Waals surface area contributed by atoms with E-state index in [0.29, 0.717) is 0 Å². The maximum Gasteiger partial charge on any atom is 0.416 e. The summed E-state index contributed by atoms with van der Waals surface area (Å²) in [4.78, 5) is 11.2. The molecule has 0 aliphatic rings. The van der Waals surface area contributed by atoms with E-state index in [2.05, 4.69) is 0 Å². The molecule has 0 heterocycles. The SMILES string of the molecule is Cl.NCC(F)(F)CNC(=O)COc1ccc(C(F)(F)F)cc1. The van der Waals surface area contributed by atoms with Crippen LogP contribution in [0.2, 0.25) is 0 Å². The molecule has 22 heavy (non-hydrogen) atoms. The van der Waals surface area contributed by atoms with Crippen LogP contribution >= 0.6 is 12.4 Å². The summed E-state index contributed by atoms with van der Waals surface area (Å²) in [6.07, 6.45) is -4.47. The number of carbonyl (C=O) groups excluding carboxylic acids is 1. The van der Waals surface area contributed by atoms with E-state index in [1.54, 1.807) is 0 Å². The Morgan fingerprint density at radius 2 is 1.68 bits per heavy atom. The van der Waals surface area contributed by atoms with Crippen LogP contribution in [-0.4, -0.2) is 31.5 Å². The van der Waals surface area contributed by atoms with E-state index in [-0.39, 0.29) is 18.2 Å². The molecule has 0 aliphatic carbocycles. The molecule has 0 spiro atoms. The molecule has 0 saturated carbocycles. The van der Waals surface area contributed by atoms with Gasteiger partial charge in [0.05, 0.1) is 18.7 Å². The molecule has 1 amide bonds. The van der Waals surface area contributed by atoms with Crippen molar-refractivity contribution >= 4 is 18.3 Å². The van der Waals surface area contributed by atoms with E-state index in [1.807, 2.05) is 5.32 Å². The highest BCUT2D eigenvalue weighted by Gasteiger charge is 2.30. The Balaban J connectivity index is 0.00000441. The van der Waals surface area contributed by atoms with Crippen molar-refractivity contribution in [1.29, 1.82) is 0 Å². The number of ether oxygens (including phenoxy) is 1. The van der Waals surface area contributed by atoms with Crippen molar-refractivity contribution in [2.45, 2.75) is 12.1 Å². The molecule has 1 rings (SSSR count). The lowest BCUT2D eigenvalue weighted by molar-refractivity contribution is -0.137. The zero-order valence-corrected chi connectivity index (χ0v) is 11.9. The summed E-state index contributed by atoms with van der Waals surface area (Å²) in [5.41, 5.74) is 3.92. The number of nitrogens with one attached hydrogen (secondary N) is 1. The van der Waals surface area contributed by atoms with Gasteiger partial charge in [0.2, 0.25) is 0 Å². The number of rotatable bonds is 6. The quantitative estimate of drug-likeness (QED) is 0.775. The maximum atomic E-state index is 12.7. The standard InChI is InChI=1S/C12H13F5N2O2.ClH/c13-11(14,6-18)7-19-10(20)5-21-9-3-1-8(2-4-9)12(15,16)17;/h1-4H,5-7,18H2,(H,19,20);1H. The van der Waals surface area contributed by atoms with Crippen LogP contribution in [0.1, 0.15) is 5.56 Å². The van der Waals surface area contributed by atoms with Crippen molar-refractivity contribution in [2.24, 2.45) is 5.73 Å². The molecule has 126 valence electrons. The minimum atomic E-state index is -4.47. The number of halogens is 6. The molecule has 1 aromatic carbocycles. The molecule has 0 aliphatic heterocycles. The zero-order chi connectivity index (χ0) is 16.1. The van der Waals surface area contributed by atoms with E-state index in [0.717, 1.165) is 24.3 Å². The number of carbonyl (C=O) groups is 1. The first-order valence-corrected chi connectivity index (χ1v) is 5.79. The molecule has 0 radical (unpaired) electrons. The van der Waals surface area contributed by atoms with Gasteiger partial charge in [-0.25, -0.2) is 8.78 Å². The van der Waals surface area contributed by atoms with Crippen LogP contribution in [-0.2, 0) is 11.0 Å². The molecule has 0 atom stereocenters. The molecule has 0 aromatic heterocycles. The summed E-state index contributed by atoms with van der Waals surface area (Å²) >= 11 is 0. The Hall–Kier alpha value is -1.61. The van der Waals surface area contributed by atoms with Crippen LogP contribution in [0.4, 0.5) is 22.0 Å². The van der Waals surface area contributed by atoms with Crippen LogP contribution in [0.3, 0.4) is 0 Å². The first kappa shape index (κ1) is 20.4. The Morgan fingerprint density at radius 1 is 1.14 bits per heavy atom. The maximum absolute atomic E-state index is 12.7. The van der Waals surface area contributed by atoms with Crippen LogP contribution in [0.5, 0.6) is 5.75 Å². The lowest BCUT2D eigenvalue weighted by atomic mass is 10.2. The molecule has 3 N–H and O–H groups in total. The predicted molar refractivity (Wildman–Crippen MR) is 71.2 cm³/mol. The van der Waals surface area contributed by atoms with Gasteiger partial charge in [0.25, 0.3) is 11.8 Å². The van der Waals surface area contributed by atoms with Crippen molar-refractivity contribution in [3.8, 4) is 5.75 Å². The molecule has 1 aromatic rings. The number of alkyl halides is 5. The van der Waals surface area contributed by atoms with Crippen LogP contribution in [0.15, 0.2) is 24.3 Å². The minimum absolute atomic E-state index is 0. The Morgan fingerprint density at radius 3 is 2.14 bits per heavy atom. The smallest absolute Gasteiger partial charge is 0.416 e. The largest absolute Gasteiger partial charge is 0.484 e. The molecule has 0 fully saturated rings. The van der Waals surface area contributed by atoms with Gasteiger partial charge in [0.1, 0.15) is 5.75 Å². The molecular formula is C12H14ClF5N2O2. The third-order valence-corrected chi connectivity index (χ3v) is 2.39. The van der Waals surface area contributed by atoms with Gasteiger partial charge in [-0.3, -0.25) is 4.79 Å². The summed E-state index contributed by atoms with van der Waals surface area (Å²) in [7, 11) is 0. The van der Waals surface area contributed by atoms with Gasteiger partial charge in [0, 0.05) is 0 Å². The highest BCUT2D eigenvalue weighted by atomic mass is 35.5. The van der Waals surface area contributed by atoms with Crippen molar-refractivity contribution in [1.82, 2.24) is 5.32 Å². The third-order valence-electron chi connectivity index (χ3n) is 2.39. The van der Waals surface area contributed by atoms with E-state index < -0.39 is 43.3 Å². The molecule has 0 unspecified atom stereocenters. The summed E-state index contributed by atoms with van der Waals surface area (Å²) < 4.78 is 67.2. The van der Waals surface area contributed by atoms with Gasteiger partial charge < -0.3 is 15.8 Å². The average molecular weight is 349 g/mol. The van der Waals surface area contributed by atoms with E-state index in [9.17, 15) is 26.7 Å². The van der Waals surface area contributed by atoms with E-state index >= 15 is 0 Å². The van der Waals surface area contributed by atoms with Crippen LogP contribution < -0.4 is 15.8 Å². The van der Waals surface area contributed by atoms with E-state index in [1.165, 1.54) is 0 Å². The molecule has 10 heteroatoms. The third kappa shape index (κ3) is 6.90. The van der Waals surface area contributed by atoms with Crippen LogP contribution in [0.25, 0.3) is 0 Å². The molecule has 0 bridgehead atoms. The summed E-state index contributed by atoms with van der Waals surface area (Å²) in [6, 6.07) is 3.64. The van der Waals surface area contributed by atoms with Gasteiger partial charge in [0.15, 0.2) is 6.61 Å². The lowest BCUT2D eigenvalue weighted by Gasteiger charge is -2.14. The fourth-order valence-corrected chi connectivity index (χ4v) is 1.24. The predicted octanol–water partition coefficient (Wildman–Crippen LogP) is 2.22.